The molecule has 1 aromatic rings. The van der Waals surface area contributed by atoms with Gasteiger partial charge in [0.25, 0.3) is 0 Å². The van der Waals surface area contributed by atoms with Gasteiger partial charge in [-0.25, -0.2) is 4.98 Å². The molecule has 0 saturated heterocycles. The van der Waals surface area contributed by atoms with Crippen LogP contribution in [0.3, 0.4) is 0 Å². The summed E-state index contributed by atoms with van der Waals surface area (Å²) in [7, 11) is 0. The summed E-state index contributed by atoms with van der Waals surface area (Å²) < 4.78 is 0. The monoisotopic (exact) mass is 249 g/mol. The fourth-order valence-corrected chi connectivity index (χ4v) is 1.70. The molecule has 1 heterocycles. The molecule has 0 bridgehead atoms. The first kappa shape index (κ1) is 14.3. The Balaban J connectivity index is 0.00000196. The number of hydrogen-bond acceptors (Lipinski definition) is 4. The van der Waals surface area contributed by atoms with Gasteiger partial charge in [-0.15, -0.1) is 23.7 Å². The predicted molar refractivity (Wildman–Crippen MR) is 64.3 cm³/mol. The van der Waals surface area contributed by atoms with E-state index in [4.69, 9.17) is 5.73 Å². The van der Waals surface area contributed by atoms with Gasteiger partial charge in [0.05, 0.1) is 22.8 Å². The molecule has 2 unspecified atom stereocenters. The van der Waals surface area contributed by atoms with Crippen LogP contribution in [0.5, 0.6) is 0 Å². The van der Waals surface area contributed by atoms with Crippen LogP contribution >= 0.6 is 23.7 Å². The number of amides is 1. The van der Waals surface area contributed by atoms with Crippen LogP contribution in [0.2, 0.25) is 0 Å². The van der Waals surface area contributed by atoms with E-state index in [9.17, 15) is 4.79 Å². The van der Waals surface area contributed by atoms with Crippen LogP contribution in [0.4, 0.5) is 0 Å². The smallest absolute Gasteiger partial charge is 0.237 e. The Morgan fingerprint density at radius 3 is 2.60 bits per heavy atom. The Hall–Kier alpha value is -0.650. The highest BCUT2D eigenvalue weighted by atomic mass is 35.5. The molecule has 0 spiro atoms. The zero-order valence-corrected chi connectivity index (χ0v) is 10.6. The fraction of sp³-hybridized carbons (Fsp3) is 0.556. The lowest BCUT2D eigenvalue weighted by Crippen LogP contribution is -2.39. The summed E-state index contributed by atoms with van der Waals surface area (Å²) >= 11 is 1.57. The average Bonchev–Trinajstić information content (AvgIpc) is 2.51. The maximum Gasteiger partial charge on any atom is 0.237 e. The van der Waals surface area contributed by atoms with Crippen LogP contribution < -0.4 is 11.1 Å². The van der Waals surface area contributed by atoms with Crippen LogP contribution in [0.25, 0.3) is 0 Å². The third-order valence-corrected chi connectivity index (χ3v) is 2.64. The van der Waals surface area contributed by atoms with Crippen molar-refractivity contribution in [2.45, 2.75) is 32.9 Å². The maximum atomic E-state index is 11.3. The van der Waals surface area contributed by atoms with E-state index < -0.39 is 6.04 Å². The highest BCUT2D eigenvalue weighted by Crippen LogP contribution is 2.15. The normalized spacial score (nSPS) is 13.9. The molecule has 4 nitrogen and oxygen atoms in total. The van der Waals surface area contributed by atoms with E-state index in [1.165, 1.54) is 0 Å². The van der Waals surface area contributed by atoms with Crippen molar-refractivity contribution in [3.05, 3.63) is 16.1 Å². The Bertz CT molecular complexity index is 327. The number of nitrogens with one attached hydrogen (secondary N) is 1. The molecule has 0 radical (unpaired) electrons. The van der Waals surface area contributed by atoms with Crippen LogP contribution in [0, 0.1) is 6.92 Å². The predicted octanol–water partition coefficient (Wildman–Crippen LogP) is 1.40. The van der Waals surface area contributed by atoms with E-state index in [-0.39, 0.29) is 24.4 Å². The molecule has 15 heavy (non-hydrogen) atoms. The number of nitrogens with two attached hydrogens (primary N) is 1. The van der Waals surface area contributed by atoms with Crippen molar-refractivity contribution < 1.29 is 4.79 Å². The summed E-state index contributed by atoms with van der Waals surface area (Å²) in [6.45, 7) is 5.50. The van der Waals surface area contributed by atoms with Gasteiger partial charge in [0.2, 0.25) is 5.91 Å². The lowest BCUT2D eigenvalue weighted by Gasteiger charge is -2.13. The van der Waals surface area contributed by atoms with Gasteiger partial charge in [0, 0.05) is 5.38 Å². The standard InChI is InChI=1S/C9H15N3OS.ClH/c1-5(10)9(13)11-6(2)8-4-14-7(3)12-8;/h4-6H,10H2,1-3H3,(H,11,13);1H. The van der Waals surface area contributed by atoms with Crippen molar-refractivity contribution in [1.29, 1.82) is 0 Å². The highest BCUT2D eigenvalue weighted by molar-refractivity contribution is 7.09. The molecule has 0 aliphatic rings. The Labute approximate surface area is 99.7 Å². The zero-order chi connectivity index (χ0) is 10.7. The van der Waals surface area contributed by atoms with E-state index in [0.717, 1.165) is 10.7 Å². The first-order valence-electron chi connectivity index (χ1n) is 4.48. The number of nitrogens with zero attached hydrogens (tertiary/aromatic N) is 1. The van der Waals surface area contributed by atoms with Crippen molar-refractivity contribution in [2.75, 3.05) is 0 Å². The molecule has 1 rings (SSSR count). The molecule has 1 aromatic heterocycles. The van der Waals surface area contributed by atoms with E-state index in [1.807, 2.05) is 19.2 Å². The SMILES string of the molecule is Cc1nc(C(C)NC(=O)C(C)N)cs1.Cl. The van der Waals surface area contributed by atoms with E-state index in [0.29, 0.717) is 0 Å². The van der Waals surface area contributed by atoms with Crippen molar-refractivity contribution in [2.24, 2.45) is 5.73 Å². The molecule has 0 fully saturated rings. The zero-order valence-electron chi connectivity index (χ0n) is 8.98. The summed E-state index contributed by atoms with van der Waals surface area (Å²) in [5.74, 6) is -0.150. The number of rotatable bonds is 3. The number of aromatic nitrogens is 1. The molecule has 2 atom stereocenters. The van der Waals surface area contributed by atoms with Crippen molar-refractivity contribution in [3.63, 3.8) is 0 Å². The van der Waals surface area contributed by atoms with Crippen molar-refractivity contribution in [3.8, 4) is 0 Å². The largest absolute Gasteiger partial charge is 0.347 e. The van der Waals surface area contributed by atoms with E-state index in [2.05, 4.69) is 10.3 Å². The number of carbonyl (C=O) groups is 1. The van der Waals surface area contributed by atoms with Crippen LogP contribution in [0.1, 0.15) is 30.6 Å². The number of thiazole rings is 1. The quantitative estimate of drug-likeness (QED) is 0.851. The molecule has 0 saturated carbocycles. The lowest BCUT2D eigenvalue weighted by atomic mass is 10.2. The number of carbonyl (C=O) groups excluding carboxylic acids is 1. The summed E-state index contributed by atoms with van der Waals surface area (Å²) in [6.07, 6.45) is 0. The second-order valence-electron chi connectivity index (χ2n) is 3.31. The molecule has 0 aromatic carbocycles. The Morgan fingerprint density at radius 1 is 1.60 bits per heavy atom. The van der Waals surface area contributed by atoms with Gasteiger partial charge in [-0.1, -0.05) is 0 Å². The minimum absolute atomic E-state index is 0. The minimum atomic E-state index is -0.475. The molecule has 6 heteroatoms. The average molecular weight is 250 g/mol. The number of aryl methyl sites for hydroxylation is 1. The summed E-state index contributed by atoms with van der Waals surface area (Å²) in [5.41, 5.74) is 6.33. The van der Waals surface area contributed by atoms with Crippen LogP contribution in [0.15, 0.2) is 5.38 Å². The lowest BCUT2D eigenvalue weighted by molar-refractivity contribution is -0.122. The summed E-state index contributed by atoms with van der Waals surface area (Å²) in [4.78, 5) is 15.6. The highest BCUT2D eigenvalue weighted by Gasteiger charge is 2.14. The molecule has 1 amide bonds. The summed E-state index contributed by atoms with van der Waals surface area (Å²) in [6, 6.07) is -0.546. The molecular formula is C9H16ClN3OS. The van der Waals surface area contributed by atoms with Gasteiger partial charge < -0.3 is 11.1 Å². The van der Waals surface area contributed by atoms with Crippen molar-refractivity contribution >= 4 is 29.7 Å². The molecule has 3 N–H and O–H groups in total. The van der Waals surface area contributed by atoms with Gasteiger partial charge in [-0.05, 0) is 20.8 Å². The van der Waals surface area contributed by atoms with Gasteiger partial charge in [0.1, 0.15) is 0 Å². The Kier molecular flexibility index (Phi) is 5.79. The second-order valence-corrected chi connectivity index (χ2v) is 4.37. The van der Waals surface area contributed by atoms with Crippen LogP contribution in [-0.4, -0.2) is 16.9 Å². The van der Waals surface area contributed by atoms with E-state index in [1.54, 1.807) is 18.3 Å². The van der Waals surface area contributed by atoms with Gasteiger partial charge >= 0.3 is 0 Å². The fourth-order valence-electron chi connectivity index (χ4n) is 0.998. The van der Waals surface area contributed by atoms with Gasteiger partial charge in [-0.3, -0.25) is 4.79 Å². The van der Waals surface area contributed by atoms with Crippen LogP contribution in [-0.2, 0) is 4.79 Å². The molecule has 0 aliphatic heterocycles. The number of hydrogen-bond donors (Lipinski definition) is 2. The first-order chi connectivity index (χ1) is 6.50. The third-order valence-electron chi connectivity index (χ3n) is 1.85. The maximum absolute atomic E-state index is 11.3. The third kappa shape index (κ3) is 4.15. The molecule has 86 valence electrons. The minimum Gasteiger partial charge on any atom is -0.347 e. The number of halogens is 1. The van der Waals surface area contributed by atoms with Crippen molar-refractivity contribution in [1.82, 2.24) is 10.3 Å². The topological polar surface area (TPSA) is 68.0 Å². The Morgan fingerprint density at radius 2 is 2.20 bits per heavy atom. The summed E-state index contributed by atoms with van der Waals surface area (Å²) in [5, 5.41) is 5.74. The molecular weight excluding hydrogens is 234 g/mol. The van der Waals surface area contributed by atoms with Gasteiger partial charge in [-0.2, -0.15) is 0 Å². The van der Waals surface area contributed by atoms with E-state index >= 15 is 0 Å². The second kappa shape index (κ2) is 6.05. The first-order valence-corrected chi connectivity index (χ1v) is 5.36. The van der Waals surface area contributed by atoms with Gasteiger partial charge in [0.15, 0.2) is 0 Å². The molecule has 0 aliphatic carbocycles.